The molecule has 0 atom stereocenters. The Balaban J connectivity index is 1.43. The average Bonchev–Trinajstić information content (AvgIpc) is 3.09. The fourth-order valence-corrected chi connectivity index (χ4v) is 5.70. The van der Waals surface area contributed by atoms with E-state index >= 15 is 0 Å². The summed E-state index contributed by atoms with van der Waals surface area (Å²) in [4.78, 5) is 28.4. The number of carbonyl (C=O) groups excluding carboxylic acids is 1. The van der Waals surface area contributed by atoms with Gasteiger partial charge in [-0.05, 0) is 30.7 Å². The molecular weight excluding hydrogens is 410 g/mol. The predicted octanol–water partition coefficient (Wildman–Crippen LogP) is 1.97. The van der Waals surface area contributed by atoms with Crippen LogP contribution in [-0.4, -0.2) is 54.7 Å². The van der Waals surface area contributed by atoms with Crippen LogP contribution in [0, 0.1) is 6.92 Å². The molecule has 2 aromatic carbocycles. The second-order valence-corrected chi connectivity index (χ2v) is 10.1. The smallest absolute Gasteiger partial charge is 0.305 e. The number of aromatic amines is 1. The maximum atomic E-state index is 13.0. The van der Waals surface area contributed by atoms with Gasteiger partial charge in [-0.25, -0.2) is 8.42 Å². The number of hydrogen-bond acceptors (Lipinski definition) is 5. The Hall–Kier alpha value is -2.49. The van der Waals surface area contributed by atoms with Gasteiger partial charge in [-0.1, -0.05) is 41.2 Å². The third kappa shape index (κ3) is 4.12. The van der Waals surface area contributed by atoms with Crippen LogP contribution >= 0.6 is 11.3 Å². The van der Waals surface area contributed by atoms with Gasteiger partial charge in [-0.15, -0.1) is 0 Å². The molecule has 2 heterocycles. The van der Waals surface area contributed by atoms with E-state index in [-0.39, 0.29) is 28.8 Å². The van der Waals surface area contributed by atoms with E-state index in [1.165, 1.54) is 16.4 Å². The van der Waals surface area contributed by atoms with Crippen LogP contribution in [0.2, 0.25) is 0 Å². The number of carbonyl (C=O) groups is 1. The summed E-state index contributed by atoms with van der Waals surface area (Å²) in [5.74, 6) is 0.00409. The molecule has 29 heavy (non-hydrogen) atoms. The van der Waals surface area contributed by atoms with Crippen molar-refractivity contribution in [3.05, 3.63) is 63.3 Å². The van der Waals surface area contributed by atoms with Crippen LogP contribution in [0.5, 0.6) is 0 Å². The molecule has 1 aliphatic heterocycles. The molecule has 7 nitrogen and oxygen atoms in total. The number of thiazole rings is 1. The summed E-state index contributed by atoms with van der Waals surface area (Å²) in [6.45, 7) is 3.24. The number of H-pyrrole nitrogens is 1. The van der Waals surface area contributed by atoms with E-state index in [9.17, 15) is 18.0 Å². The van der Waals surface area contributed by atoms with Crippen LogP contribution in [0.25, 0.3) is 10.2 Å². The number of hydrogen-bond donors (Lipinski definition) is 1. The summed E-state index contributed by atoms with van der Waals surface area (Å²) in [5.41, 5.74) is 2.73. The lowest BCUT2D eigenvalue weighted by Crippen LogP contribution is -2.50. The van der Waals surface area contributed by atoms with E-state index in [0.29, 0.717) is 29.7 Å². The number of benzene rings is 2. The van der Waals surface area contributed by atoms with Crippen molar-refractivity contribution < 1.29 is 13.2 Å². The monoisotopic (exact) mass is 431 g/mol. The van der Waals surface area contributed by atoms with Crippen LogP contribution in [0.4, 0.5) is 0 Å². The molecule has 1 aliphatic rings. The van der Waals surface area contributed by atoms with Crippen LogP contribution in [0.15, 0.2) is 52.2 Å². The largest absolute Gasteiger partial charge is 0.340 e. The SMILES string of the molecule is Cc1ccc(CC(=O)N2CCN(S(=O)(=O)c3ccc4[nH]c(=O)sc4c3)CC2)cc1. The lowest BCUT2D eigenvalue weighted by atomic mass is 10.1. The molecule has 1 N–H and O–H groups in total. The summed E-state index contributed by atoms with van der Waals surface area (Å²) in [7, 11) is -3.67. The first-order valence-electron chi connectivity index (χ1n) is 9.29. The second-order valence-electron chi connectivity index (χ2n) is 7.12. The van der Waals surface area contributed by atoms with Crippen LogP contribution in [-0.2, 0) is 21.2 Å². The maximum absolute atomic E-state index is 13.0. The van der Waals surface area contributed by atoms with E-state index in [4.69, 9.17) is 0 Å². The minimum Gasteiger partial charge on any atom is -0.340 e. The molecule has 0 aliphatic carbocycles. The minimum atomic E-state index is -3.67. The molecule has 0 unspecified atom stereocenters. The van der Waals surface area contributed by atoms with E-state index in [1.54, 1.807) is 11.0 Å². The molecule has 0 radical (unpaired) electrons. The molecule has 9 heteroatoms. The number of rotatable bonds is 4. The van der Waals surface area contributed by atoms with E-state index in [0.717, 1.165) is 22.5 Å². The highest BCUT2D eigenvalue weighted by Crippen LogP contribution is 2.23. The van der Waals surface area contributed by atoms with Crippen molar-refractivity contribution in [1.82, 2.24) is 14.2 Å². The fourth-order valence-electron chi connectivity index (χ4n) is 3.41. The lowest BCUT2D eigenvalue weighted by molar-refractivity contribution is -0.131. The Kier molecular flexibility index (Phi) is 5.28. The average molecular weight is 432 g/mol. The highest BCUT2D eigenvalue weighted by molar-refractivity contribution is 7.89. The lowest BCUT2D eigenvalue weighted by Gasteiger charge is -2.34. The number of nitrogens with zero attached hydrogens (tertiary/aromatic N) is 2. The Morgan fingerprint density at radius 1 is 1.07 bits per heavy atom. The third-order valence-corrected chi connectivity index (χ3v) is 7.84. The first kappa shape index (κ1) is 19.8. The van der Waals surface area contributed by atoms with E-state index in [2.05, 4.69) is 4.98 Å². The normalized spacial score (nSPS) is 15.7. The molecule has 1 fully saturated rings. The number of piperazine rings is 1. The molecule has 1 saturated heterocycles. The zero-order valence-corrected chi connectivity index (χ0v) is 17.6. The number of aromatic nitrogens is 1. The molecule has 1 aromatic heterocycles. The molecule has 0 saturated carbocycles. The number of nitrogens with one attached hydrogen (secondary N) is 1. The van der Waals surface area contributed by atoms with Crippen molar-refractivity contribution in [1.29, 1.82) is 0 Å². The van der Waals surface area contributed by atoms with Crippen LogP contribution in [0.1, 0.15) is 11.1 Å². The van der Waals surface area contributed by atoms with Gasteiger partial charge in [0.05, 0.1) is 21.5 Å². The van der Waals surface area contributed by atoms with Gasteiger partial charge in [0, 0.05) is 26.2 Å². The quantitative estimate of drug-likeness (QED) is 0.684. The highest BCUT2D eigenvalue weighted by atomic mass is 32.2. The predicted molar refractivity (Wildman–Crippen MR) is 113 cm³/mol. The highest BCUT2D eigenvalue weighted by Gasteiger charge is 2.30. The molecule has 1 amide bonds. The Morgan fingerprint density at radius 3 is 2.45 bits per heavy atom. The van der Waals surface area contributed by atoms with Crippen molar-refractivity contribution in [3.63, 3.8) is 0 Å². The van der Waals surface area contributed by atoms with Crippen molar-refractivity contribution in [2.45, 2.75) is 18.2 Å². The maximum Gasteiger partial charge on any atom is 0.305 e. The summed E-state index contributed by atoms with van der Waals surface area (Å²) in [5, 5.41) is 0. The van der Waals surface area contributed by atoms with Gasteiger partial charge in [-0.3, -0.25) is 9.59 Å². The first-order chi connectivity index (χ1) is 13.8. The summed E-state index contributed by atoms with van der Waals surface area (Å²) in [6, 6.07) is 12.5. The molecular formula is C20H21N3O4S2. The molecule has 152 valence electrons. The van der Waals surface area contributed by atoms with Crippen molar-refractivity contribution >= 4 is 37.5 Å². The standard InChI is InChI=1S/C20H21N3O4S2/c1-14-2-4-15(5-3-14)12-19(24)22-8-10-23(11-9-22)29(26,27)16-6-7-17-18(13-16)28-20(25)21-17/h2-7,13H,8-12H2,1H3,(H,21,25). The van der Waals surface area contributed by atoms with Crippen molar-refractivity contribution in [2.24, 2.45) is 0 Å². The van der Waals surface area contributed by atoms with Crippen LogP contribution in [0.3, 0.4) is 0 Å². The summed E-state index contributed by atoms with van der Waals surface area (Å²) in [6.07, 6.45) is 0.316. The Morgan fingerprint density at radius 2 is 1.76 bits per heavy atom. The summed E-state index contributed by atoms with van der Waals surface area (Å²) >= 11 is 0.988. The Bertz CT molecular complexity index is 1200. The van der Waals surface area contributed by atoms with Gasteiger partial charge in [0.1, 0.15) is 0 Å². The molecule has 3 aromatic rings. The minimum absolute atomic E-state index is 0.00409. The fraction of sp³-hybridized carbons (Fsp3) is 0.300. The topological polar surface area (TPSA) is 90.6 Å². The van der Waals surface area contributed by atoms with Gasteiger partial charge in [-0.2, -0.15) is 4.31 Å². The van der Waals surface area contributed by atoms with Gasteiger partial charge >= 0.3 is 4.87 Å². The van der Waals surface area contributed by atoms with Gasteiger partial charge in [0.15, 0.2) is 0 Å². The number of amides is 1. The zero-order chi connectivity index (χ0) is 20.6. The van der Waals surface area contributed by atoms with Gasteiger partial charge in [0.25, 0.3) is 0 Å². The van der Waals surface area contributed by atoms with Crippen LogP contribution < -0.4 is 4.87 Å². The van der Waals surface area contributed by atoms with Gasteiger partial charge < -0.3 is 9.88 Å². The third-order valence-electron chi connectivity index (χ3n) is 5.10. The number of aryl methyl sites for hydroxylation is 1. The second kappa shape index (κ2) is 7.74. The molecule has 0 bridgehead atoms. The van der Waals surface area contributed by atoms with Gasteiger partial charge in [0.2, 0.25) is 15.9 Å². The van der Waals surface area contributed by atoms with E-state index in [1.807, 2.05) is 31.2 Å². The summed E-state index contributed by atoms with van der Waals surface area (Å²) < 4.78 is 28.0. The number of fused-ring (bicyclic) bond motifs is 1. The molecule has 4 rings (SSSR count). The molecule has 0 spiro atoms. The van der Waals surface area contributed by atoms with Crippen molar-refractivity contribution in [2.75, 3.05) is 26.2 Å². The zero-order valence-electron chi connectivity index (χ0n) is 15.9. The first-order valence-corrected chi connectivity index (χ1v) is 11.5. The Labute approximate surface area is 172 Å². The van der Waals surface area contributed by atoms with E-state index < -0.39 is 10.0 Å². The number of sulfonamides is 1. The van der Waals surface area contributed by atoms with Crippen molar-refractivity contribution in [3.8, 4) is 0 Å².